The minimum atomic E-state index is -0.412. The van der Waals surface area contributed by atoms with Gasteiger partial charge in [0.1, 0.15) is 6.33 Å². The molecule has 1 heterocycles. The second-order valence-corrected chi connectivity index (χ2v) is 3.72. The number of nitrogen functional groups attached to an aromatic ring is 1. The van der Waals surface area contributed by atoms with E-state index in [0.717, 1.165) is 16.8 Å². The number of aromatic nitrogens is 3. The maximum atomic E-state index is 11.8. The van der Waals surface area contributed by atoms with E-state index >= 15 is 0 Å². The van der Waals surface area contributed by atoms with Crippen LogP contribution in [0.4, 0.5) is 5.95 Å². The molecule has 88 valence electrons. The first-order valence-electron chi connectivity index (χ1n) is 5.12. The van der Waals surface area contributed by atoms with Gasteiger partial charge in [-0.3, -0.25) is 9.99 Å². The highest BCUT2D eigenvalue weighted by atomic mass is 16.1. The number of nitrogens with two attached hydrogens (primary N) is 1. The number of para-hydroxylation sites is 1. The molecule has 0 radical (unpaired) electrons. The zero-order chi connectivity index (χ0) is 12.4. The monoisotopic (exact) mass is 231 g/mol. The van der Waals surface area contributed by atoms with Crippen molar-refractivity contribution in [1.82, 2.24) is 14.5 Å². The highest BCUT2D eigenvalue weighted by Gasteiger charge is 2.08. The van der Waals surface area contributed by atoms with Crippen molar-refractivity contribution < 1.29 is 0 Å². The van der Waals surface area contributed by atoms with Gasteiger partial charge in [-0.05, 0) is 25.0 Å². The first-order valence-corrected chi connectivity index (χ1v) is 5.12. The number of nitrogens with one attached hydrogen (secondary N) is 1. The second-order valence-electron chi connectivity index (χ2n) is 3.72. The molecule has 2 rings (SSSR count). The lowest BCUT2D eigenvalue weighted by atomic mass is 10.1. The maximum Gasteiger partial charge on any atom is 0.356 e. The number of rotatable bonds is 2. The van der Waals surface area contributed by atoms with Gasteiger partial charge >= 0.3 is 5.69 Å². The molecule has 0 aliphatic rings. The van der Waals surface area contributed by atoms with Gasteiger partial charge < -0.3 is 0 Å². The molecule has 0 unspecified atom stereocenters. The molecule has 0 atom stereocenters. The number of hydrogen-bond donors (Lipinski definition) is 2. The summed E-state index contributed by atoms with van der Waals surface area (Å²) in [7, 11) is 0. The van der Waals surface area contributed by atoms with Crippen LogP contribution in [-0.2, 0) is 0 Å². The van der Waals surface area contributed by atoms with Gasteiger partial charge in [0.25, 0.3) is 0 Å². The first kappa shape index (κ1) is 11.3. The molecule has 0 aliphatic heterocycles. The number of benzene rings is 1. The Bertz CT molecular complexity index is 585. The van der Waals surface area contributed by atoms with Gasteiger partial charge in [0.05, 0.1) is 5.69 Å². The van der Waals surface area contributed by atoms with Gasteiger partial charge in [0.2, 0.25) is 5.95 Å². The van der Waals surface area contributed by atoms with E-state index in [1.165, 1.54) is 10.9 Å². The fourth-order valence-electron chi connectivity index (χ4n) is 1.74. The van der Waals surface area contributed by atoms with Crippen LogP contribution in [0.3, 0.4) is 0 Å². The molecule has 2 aromatic rings. The Morgan fingerprint density at radius 2 is 1.94 bits per heavy atom. The molecule has 0 aliphatic carbocycles. The third-order valence-corrected chi connectivity index (χ3v) is 2.51. The standard InChI is InChI=1S/C11H13N5O/c1-7-4-3-5-8(2)9(7)16-6-13-10(15-12)14-11(16)17/h3-6H,12H2,1-2H3,(H,14,15,17). The number of hydrogen-bond acceptors (Lipinski definition) is 5. The van der Waals surface area contributed by atoms with Crippen molar-refractivity contribution in [1.29, 1.82) is 0 Å². The summed E-state index contributed by atoms with van der Waals surface area (Å²) in [6, 6.07) is 5.81. The summed E-state index contributed by atoms with van der Waals surface area (Å²) < 4.78 is 1.41. The third kappa shape index (κ3) is 2.02. The minimum absolute atomic E-state index is 0.109. The SMILES string of the molecule is Cc1cccc(C)c1-n1cnc(NN)nc1=O. The van der Waals surface area contributed by atoms with Gasteiger partial charge in [-0.1, -0.05) is 18.2 Å². The Labute approximate surface area is 98.1 Å². The van der Waals surface area contributed by atoms with Crippen LogP contribution in [-0.4, -0.2) is 14.5 Å². The van der Waals surface area contributed by atoms with Crippen molar-refractivity contribution in [2.75, 3.05) is 5.43 Å². The molecule has 6 nitrogen and oxygen atoms in total. The van der Waals surface area contributed by atoms with E-state index in [-0.39, 0.29) is 5.95 Å². The third-order valence-electron chi connectivity index (χ3n) is 2.51. The van der Waals surface area contributed by atoms with Crippen LogP contribution in [0.2, 0.25) is 0 Å². The molecule has 0 amide bonds. The molecule has 0 saturated carbocycles. The smallest absolute Gasteiger partial charge is 0.292 e. The van der Waals surface area contributed by atoms with Gasteiger partial charge in [0, 0.05) is 0 Å². The Morgan fingerprint density at radius 3 is 2.47 bits per heavy atom. The summed E-state index contributed by atoms with van der Waals surface area (Å²) in [6.07, 6.45) is 1.42. The molecule has 17 heavy (non-hydrogen) atoms. The van der Waals surface area contributed by atoms with E-state index in [1.54, 1.807) is 0 Å². The molecule has 0 saturated heterocycles. The average Bonchev–Trinajstić information content (AvgIpc) is 2.30. The van der Waals surface area contributed by atoms with E-state index in [2.05, 4.69) is 15.4 Å². The zero-order valence-electron chi connectivity index (χ0n) is 9.64. The normalized spacial score (nSPS) is 10.3. The summed E-state index contributed by atoms with van der Waals surface area (Å²) in [6.45, 7) is 3.87. The van der Waals surface area contributed by atoms with E-state index in [4.69, 9.17) is 5.84 Å². The summed E-state index contributed by atoms with van der Waals surface area (Å²) >= 11 is 0. The van der Waals surface area contributed by atoms with Crippen molar-refractivity contribution in [3.63, 3.8) is 0 Å². The molecule has 1 aromatic heterocycles. The van der Waals surface area contributed by atoms with E-state index in [1.807, 2.05) is 32.0 Å². The predicted octanol–water partition coefficient (Wildman–Crippen LogP) is 0.530. The van der Waals surface area contributed by atoms with E-state index in [0.29, 0.717) is 0 Å². The van der Waals surface area contributed by atoms with Crippen molar-refractivity contribution >= 4 is 5.95 Å². The molecule has 3 N–H and O–H groups in total. The zero-order valence-corrected chi connectivity index (χ0v) is 9.64. The fraction of sp³-hybridized carbons (Fsp3) is 0.182. The molecule has 1 aromatic carbocycles. The minimum Gasteiger partial charge on any atom is -0.292 e. The lowest BCUT2D eigenvalue weighted by Crippen LogP contribution is -2.26. The molecule has 0 bridgehead atoms. The average molecular weight is 231 g/mol. The molecule has 0 fully saturated rings. The summed E-state index contributed by atoms with van der Waals surface area (Å²) in [5.74, 6) is 5.25. The Morgan fingerprint density at radius 1 is 1.29 bits per heavy atom. The Kier molecular flexibility index (Phi) is 2.88. The summed E-state index contributed by atoms with van der Waals surface area (Å²) in [4.78, 5) is 19.5. The lowest BCUT2D eigenvalue weighted by molar-refractivity contribution is 0.848. The fourth-order valence-corrected chi connectivity index (χ4v) is 1.74. The van der Waals surface area contributed by atoms with Crippen molar-refractivity contribution in [3.8, 4) is 5.69 Å². The molecule has 6 heteroatoms. The topological polar surface area (TPSA) is 85.8 Å². The predicted molar refractivity (Wildman–Crippen MR) is 64.9 cm³/mol. The van der Waals surface area contributed by atoms with Crippen molar-refractivity contribution in [2.24, 2.45) is 5.84 Å². The van der Waals surface area contributed by atoms with Crippen LogP contribution in [0, 0.1) is 13.8 Å². The number of anilines is 1. The molecular weight excluding hydrogens is 218 g/mol. The van der Waals surface area contributed by atoms with Gasteiger partial charge in [-0.15, -0.1) is 0 Å². The molecular formula is C11H13N5O. The highest BCUT2D eigenvalue weighted by Crippen LogP contribution is 2.16. The van der Waals surface area contributed by atoms with Crippen LogP contribution in [0.5, 0.6) is 0 Å². The Hall–Kier alpha value is -2.21. The van der Waals surface area contributed by atoms with Crippen LogP contribution < -0.4 is 17.0 Å². The first-order chi connectivity index (χ1) is 8.13. The second kappa shape index (κ2) is 4.34. The number of nitrogens with zero attached hydrogens (tertiary/aromatic N) is 3. The summed E-state index contributed by atoms with van der Waals surface area (Å²) in [5, 5.41) is 0. The molecule has 0 spiro atoms. The van der Waals surface area contributed by atoms with E-state index < -0.39 is 5.69 Å². The van der Waals surface area contributed by atoms with Crippen LogP contribution in [0.1, 0.15) is 11.1 Å². The highest BCUT2D eigenvalue weighted by molar-refractivity contribution is 5.46. The van der Waals surface area contributed by atoms with E-state index in [9.17, 15) is 4.79 Å². The largest absolute Gasteiger partial charge is 0.356 e. The van der Waals surface area contributed by atoms with Gasteiger partial charge in [-0.25, -0.2) is 15.6 Å². The number of hydrazine groups is 1. The van der Waals surface area contributed by atoms with Crippen LogP contribution in [0.25, 0.3) is 5.69 Å². The quantitative estimate of drug-likeness (QED) is 0.581. The maximum absolute atomic E-state index is 11.8. The van der Waals surface area contributed by atoms with Gasteiger partial charge in [-0.2, -0.15) is 4.98 Å². The van der Waals surface area contributed by atoms with Crippen LogP contribution in [0.15, 0.2) is 29.3 Å². The van der Waals surface area contributed by atoms with Crippen molar-refractivity contribution in [3.05, 3.63) is 46.1 Å². The van der Waals surface area contributed by atoms with Gasteiger partial charge in [0.15, 0.2) is 0 Å². The number of aryl methyl sites for hydroxylation is 2. The Balaban J connectivity index is 2.65. The summed E-state index contributed by atoms with van der Waals surface area (Å²) in [5.41, 5.74) is 4.61. The lowest BCUT2D eigenvalue weighted by Gasteiger charge is -2.11. The van der Waals surface area contributed by atoms with Crippen molar-refractivity contribution in [2.45, 2.75) is 13.8 Å². The van der Waals surface area contributed by atoms with Crippen LogP contribution >= 0.6 is 0 Å².